The zero-order chi connectivity index (χ0) is 10.6. The summed E-state index contributed by atoms with van der Waals surface area (Å²) in [6.07, 6.45) is -0.266. The molecule has 14 heavy (non-hydrogen) atoms. The van der Waals surface area contributed by atoms with Crippen molar-refractivity contribution in [1.82, 2.24) is 0 Å². The summed E-state index contributed by atoms with van der Waals surface area (Å²) in [7, 11) is 1.44. The normalized spacial score (nSPS) is 12.6. The van der Waals surface area contributed by atoms with Gasteiger partial charge in [0.1, 0.15) is 11.6 Å². The van der Waals surface area contributed by atoms with E-state index < -0.39 is 6.10 Å². The molecule has 3 nitrogen and oxygen atoms in total. The Balaban J connectivity index is 2.95. The number of hydrogen-bond donors (Lipinski definition) is 2. The Bertz CT molecular complexity index is 304. The molecule has 0 amide bonds. The Morgan fingerprint density at radius 3 is 2.86 bits per heavy atom. The molecular weight excluding hydrogens is 185 g/mol. The molecule has 1 rings (SSSR count). The second-order valence-electron chi connectivity index (χ2n) is 2.98. The second kappa shape index (κ2) is 4.93. The summed E-state index contributed by atoms with van der Waals surface area (Å²) in [5.41, 5.74) is 5.88. The van der Waals surface area contributed by atoms with Gasteiger partial charge in [-0.2, -0.15) is 0 Å². The fraction of sp³-hybridized carbons (Fsp3) is 0.400. The number of nitrogens with two attached hydrogens (primary N) is 1. The van der Waals surface area contributed by atoms with Crippen LogP contribution in [0.3, 0.4) is 0 Å². The Labute approximate surface area is 82.3 Å². The predicted octanol–water partition coefficient (Wildman–Crippen LogP) is 1.22. The monoisotopic (exact) mass is 199 g/mol. The third kappa shape index (κ3) is 2.43. The van der Waals surface area contributed by atoms with E-state index in [4.69, 9.17) is 10.5 Å². The number of aliphatic hydroxyl groups is 1. The smallest absolute Gasteiger partial charge is 0.127 e. The van der Waals surface area contributed by atoms with Gasteiger partial charge in [0.15, 0.2) is 0 Å². The molecule has 1 aromatic carbocycles. The Morgan fingerprint density at radius 2 is 2.29 bits per heavy atom. The molecule has 4 heteroatoms. The standard InChI is InChI=1S/C10H14FNO2/c1-14-10-6-7(11)2-3-8(10)9(13)4-5-12/h2-3,6,9,13H,4-5,12H2,1H3/t9-/m0/s1. The topological polar surface area (TPSA) is 55.5 Å². The predicted molar refractivity (Wildman–Crippen MR) is 51.6 cm³/mol. The summed E-state index contributed by atoms with van der Waals surface area (Å²) in [5.74, 6) is -0.0310. The number of rotatable bonds is 4. The van der Waals surface area contributed by atoms with Crippen molar-refractivity contribution in [2.24, 2.45) is 5.73 Å². The number of ether oxygens (including phenoxy) is 1. The molecule has 0 heterocycles. The quantitative estimate of drug-likeness (QED) is 0.766. The summed E-state index contributed by atoms with van der Waals surface area (Å²) >= 11 is 0. The zero-order valence-corrected chi connectivity index (χ0v) is 8.03. The molecule has 0 aliphatic carbocycles. The summed E-state index contributed by atoms with van der Waals surface area (Å²) in [6, 6.07) is 4.04. The molecule has 0 unspecified atom stereocenters. The molecule has 0 spiro atoms. The van der Waals surface area contributed by atoms with Gasteiger partial charge in [0.05, 0.1) is 13.2 Å². The van der Waals surface area contributed by atoms with Gasteiger partial charge in [0.2, 0.25) is 0 Å². The van der Waals surface area contributed by atoms with Gasteiger partial charge in [0.25, 0.3) is 0 Å². The minimum absolute atomic E-state index is 0.353. The Hall–Kier alpha value is -1.13. The van der Waals surface area contributed by atoms with E-state index >= 15 is 0 Å². The lowest BCUT2D eigenvalue weighted by Gasteiger charge is -2.13. The van der Waals surface area contributed by atoms with Crippen LogP contribution in [0.15, 0.2) is 18.2 Å². The molecule has 0 aromatic heterocycles. The number of halogens is 1. The van der Waals surface area contributed by atoms with E-state index in [-0.39, 0.29) is 5.82 Å². The first-order chi connectivity index (χ1) is 6.69. The molecule has 0 aliphatic rings. The zero-order valence-electron chi connectivity index (χ0n) is 8.03. The fourth-order valence-electron chi connectivity index (χ4n) is 1.27. The average Bonchev–Trinajstić information content (AvgIpc) is 2.17. The number of methoxy groups -OCH3 is 1. The maximum absolute atomic E-state index is 12.8. The van der Waals surface area contributed by atoms with Gasteiger partial charge in [-0.15, -0.1) is 0 Å². The van der Waals surface area contributed by atoms with Crippen LogP contribution in [0.4, 0.5) is 4.39 Å². The molecule has 0 radical (unpaired) electrons. The van der Waals surface area contributed by atoms with E-state index in [9.17, 15) is 9.50 Å². The molecule has 1 aromatic rings. The molecule has 0 saturated heterocycles. The first kappa shape index (κ1) is 10.9. The van der Waals surface area contributed by atoms with E-state index in [1.165, 1.54) is 25.3 Å². The van der Waals surface area contributed by atoms with Crippen molar-refractivity contribution in [2.45, 2.75) is 12.5 Å². The highest BCUT2D eigenvalue weighted by atomic mass is 19.1. The molecule has 1 atom stereocenters. The minimum atomic E-state index is -0.699. The van der Waals surface area contributed by atoms with Gasteiger partial charge in [-0.1, -0.05) is 0 Å². The largest absolute Gasteiger partial charge is 0.496 e. The third-order valence-electron chi connectivity index (χ3n) is 1.99. The van der Waals surface area contributed by atoms with Crippen molar-refractivity contribution in [1.29, 1.82) is 0 Å². The lowest BCUT2D eigenvalue weighted by atomic mass is 10.1. The van der Waals surface area contributed by atoms with E-state index in [0.717, 1.165) is 0 Å². The first-order valence-electron chi connectivity index (χ1n) is 4.40. The Kier molecular flexibility index (Phi) is 3.85. The van der Waals surface area contributed by atoms with E-state index in [1.807, 2.05) is 0 Å². The first-order valence-corrected chi connectivity index (χ1v) is 4.40. The molecular formula is C10H14FNO2. The van der Waals surface area contributed by atoms with Crippen LogP contribution >= 0.6 is 0 Å². The van der Waals surface area contributed by atoms with E-state index in [2.05, 4.69) is 0 Å². The highest BCUT2D eigenvalue weighted by Gasteiger charge is 2.12. The molecule has 0 bridgehead atoms. The Morgan fingerprint density at radius 1 is 1.57 bits per heavy atom. The van der Waals surface area contributed by atoms with Crippen LogP contribution in [-0.4, -0.2) is 18.8 Å². The molecule has 78 valence electrons. The highest BCUT2D eigenvalue weighted by molar-refractivity contribution is 5.35. The van der Waals surface area contributed by atoms with Crippen molar-refractivity contribution in [2.75, 3.05) is 13.7 Å². The molecule has 0 saturated carbocycles. The second-order valence-corrected chi connectivity index (χ2v) is 2.98. The van der Waals surface area contributed by atoms with Crippen molar-refractivity contribution >= 4 is 0 Å². The SMILES string of the molecule is COc1cc(F)ccc1[C@@H](O)CCN. The van der Waals surface area contributed by atoms with Crippen molar-refractivity contribution < 1.29 is 14.2 Å². The number of benzene rings is 1. The van der Waals surface area contributed by atoms with Crippen LogP contribution in [0, 0.1) is 5.82 Å². The molecule has 0 fully saturated rings. The maximum Gasteiger partial charge on any atom is 0.127 e. The van der Waals surface area contributed by atoms with Crippen LogP contribution in [0.25, 0.3) is 0 Å². The summed E-state index contributed by atoms with van der Waals surface area (Å²) < 4.78 is 17.7. The van der Waals surface area contributed by atoms with Gasteiger partial charge in [0, 0.05) is 11.6 Å². The summed E-state index contributed by atoms with van der Waals surface area (Å²) in [5, 5.41) is 9.64. The molecule has 3 N–H and O–H groups in total. The van der Waals surface area contributed by atoms with Gasteiger partial charge < -0.3 is 15.6 Å². The van der Waals surface area contributed by atoms with Gasteiger partial charge in [-0.05, 0) is 25.1 Å². The van der Waals surface area contributed by atoms with E-state index in [0.29, 0.717) is 24.3 Å². The summed E-state index contributed by atoms with van der Waals surface area (Å²) in [4.78, 5) is 0. The van der Waals surface area contributed by atoms with Crippen LogP contribution in [0.1, 0.15) is 18.1 Å². The van der Waals surface area contributed by atoms with Crippen LogP contribution < -0.4 is 10.5 Å². The lowest BCUT2D eigenvalue weighted by Crippen LogP contribution is -2.08. The molecule has 0 aliphatic heterocycles. The van der Waals surface area contributed by atoms with Crippen LogP contribution in [0.5, 0.6) is 5.75 Å². The van der Waals surface area contributed by atoms with Crippen molar-refractivity contribution in [3.05, 3.63) is 29.6 Å². The van der Waals surface area contributed by atoms with E-state index in [1.54, 1.807) is 0 Å². The summed E-state index contributed by atoms with van der Waals surface area (Å²) in [6.45, 7) is 0.377. The third-order valence-corrected chi connectivity index (χ3v) is 1.99. The van der Waals surface area contributed by atoms with Gasteiger partial charge in [-0.25, -0.2) is 4.39 Å². The lowest BCUT2D eigenvalue weighted by molar-refractivity contribution is 0.166. The average molecular weight is 199 g/mol. The minimum Gasteiger partial charge on any atom is -0.496 e. The van der Waals surface area contributed by atoms with Crippen molar-refractivity contribution in [3.63, 3.8) is 0 Å². The highest BCUT2D eigenvalue weighted by Crippen LogP contribution is 2.27. The van der Waals surface area contributed by atoms with Crippen LogP contribution in [0.2, 0.25) is 0 Å². The van der Waals surface area contributed by atoms with Gasteiger partial charge >= 0.3 is 0 Å². The maximum atomic E-state index is 12.8. The number of aliphatic hydroxyl groups excluding tert-OH is 1. The van der Waals surface area contributed by atoms with Crippen LogP contribution in [-0.2, 0) is 0 Å². The van der Waals surface area contributed by atoms with Crippen molar-refractivity contribution in [3.8, 4) is 5.75 Å². The fourth-order valence-corrected chi connectivity index (χ4v) is 1.27. The van der Waals surface area contributed by atoms with Gasteiger partial charge in [-0.3, -0.25) is 0 Å². The number of hydrogen-bond acceptors (Lipinski definition) is 3.